The van der Waals surface area contributed by atoms with Crippen molar-refractivity contribution in [1.29, 1.82) is 0 Å². The largest absolute Gasteiger partial charge is 0.494 e. The average molecular weight is 390 g/mol. The van der Waals surface area contributed by atoms with E-state index in [9.17, 15) is 9.59 Å². The van der Waals surface area contributed by atoms with Crippen LogP contribution < -0.4 is 4.74 Å². The van der Waals surface area contributed by atoms with E-state index in [1.165, 1.54) is 0 Å². The quantitative estimate of drug-likeness (QED) is 0.364. The van der Waals surface area contributed by atoms with Crippen LogP contribution in [0.4, 0.5) is 0 Å². The molecule has 1 aromatic rings. The van der Waals surface area contributed by atoms with E-state index in [2.05, 4.69) is 13.5 Å². The van der Waals surface area contributed by atoms with Gasteiger partial charge in [0.15, 0.2) is 6.10 Å². The van der Waals surface area contributed by atoms with Crippen LogP contribution in [0.2, 0.25) is 0 Å². The third-order valence-electron chi connectivity index (χ3n) is 4.82. The first-order chi connectivity index (χ1) is 13.6. The molecule has 2 heterocycles. The van der Waals surface area contributed by atoms with Crippen LogP contribution in [0.5, 0.6) is 5.75 Å². The first-order valence-corrected chi connectivity index (χ1v) is 9.54. The number of unbranched alkanes of at least 4 members (excludes halogenated alkanes) is 1. The van der Waals surface area contributed by atoms with Crippen molar-refractivity contribution >= 4 is 11.9 Å². The first kappa shape index (κ1) is 20.4. The molecular formula is C21H26O7. The maximum absolute atomic E-state index is 12.4. The fourth-order valence-electron chi connectivity index (χ4n) is 3.27. The second-order valence-corrected chi connectivity index (χ2v) is 6.97. The lowest BCUT2D eigenvalue weighted by atomic mass is 10.0. The van der Waals surface area contributed by atoms with Gasteiger partial charge in [-0.1, -0.05) is 13.5 Å². The van der Waals surface area contributed by atoms with Gasteiger partial charge in [0.05, 0.1) is 38.1 Å². The molecule has 7 heteroatoms. The summed E-state index contributed by atoms with van der Waals surface area (Å²) >= 11 is 0. The van der Waals surface area contributed by atoms with Gasteiger partial charge in [-0.15, -0.1) is 0 Å². The molecule has 1 aromatic carbocycles. The average Bonchev–Trinajstić information content (AvgIpc) is 3.28. The molecule has 2 fully saturated rings. The molecule has 0 aromatic heterocycles. The van der Waals surface area contributed by atoms with Crippen molar-refractivity contribution < 1.29 is 33.3 Å². The standard InChI is InChI=1S/C21H26O7/c1-3-18(22)25-11-5-4-10-24-16-8-6-15(7-9-16)21(23)28-17-13-27-19-14(2)12-26-20(17)19/h3,6-9,14,17,19-20H,1,4-5,10-13H2,2H3/t14-,17+,19-,20-/m1/s1. The molecule has 3 rings (SSSR count). The molecule has 28 heavy (non-hydrogen) atoms. The first-order valence-electron chi connectivity index (χ1n) is 9.54. The van der Waals surface area contributed by atoms with Crippen LogP contribution in [0.25, 0.3) is 0 Å². The van der Waals surface area contributed by atoms with Crippen LogP contribution in [0.15, 0.2) is 36.9 Å². The SMILES string of the molecule is C=CC(=O)OCCCCOc1ccc(C(=O)O[C@H]2CO[C@H]3[C@@H]2OC[C@H]3C)cc1. The number of ether oxygens (including phenoxy) is 5. The maximum Gasteiger partial charge on any atom is 0.338 e. The van der Waals surface area contributed by atoms with Crippen molar-refractivity contribution in [2.75, 3.05) is 26.4 Å². The minimum absolute atomic E-state index is 0.00821. The van der Waals surface area contributed by atoms with E-state index in [4.69, 9.17) is 23.7 Å². The Morgan fingerprint density at radius 1 is 1.11 bits per heavy atom. The van der Waals surface area contributed by atoms with Crippen molar-refractivity contribution in [3.8, 4) is 5.75 Å². The Morgan fingerprint density at radius 2 is 1.82 bits per heavy atom. The van der Waals surface area contributed by atoms with Gasteiger partial charge in [-0.2, -0.15) is 0 Å². The highest BCUT2D eigenvalue weighted by Crippen LogP contribution is 2.32. The van der Waals surface area contributed by atoms with Crippen molar-refractivity contribution in [2.45, 2.75) is 38.1 Å². The molecule has 2 aliphatic rings. The normalized spacial score (nSPS) is 25.8. The number of hydrogen-bond acceptors (Lipinski definition) is 7. The number of rotatable bonds is 9. The number of benzene rings is 1. The Hall–Kier alpha value is -2.38. The highest BCUT2D eigenvalue weighted by molar-refractivity contribution is 5.89. The molecule has 0 amide bonds. The van der Waals surface area contributed by atoms with E-state index in [1.807, 2.05) is 0 Å². The minimum Gasteiger partial charge on any atom is -0.494 e. The zero-order chi connectivity index (χ0) is 19.9. The summed E-state index contributed by atoms with van der Waals surface area (Å²) < 4.78 is 27.5. The highest BCUT2D eigenvalue weighted by atomic mass is 16.6. The molecule has 0 spiro atoms. The van der Waals surface area contributed by atoms with Crippen LogP contribution in [0.1, 0.15) is 30.1 Å². The molecule has 0 unspecified atom stereocenters. The minimum atomic E-state index is -0.419. The van der Waals surface area contributed by atoms with Gasteiger partial charge >= 0.3 is 11.9 Å². The van der Waals surface area contributed by atoms with E-state index < -0.39 is 11.9 Å². The molecular weight excluding hydrogens is 364 g/mol. The Bertz CT molecular complexity index is 684. The smallest absolute Gasteiger partial charge is 0.338 e. The van der Waals surface area contributed by atoms with Gasteiger partial charge in [-0.25, -0.2) is 9.59 Å². The van der Waals surface area contributed by atoms with Gasteiger partial charge in [0.1, 0.15) is 11.9 Å². The van der Waals surface area contributed by atoms with Crippen LogP contribution >= 0.6 is 0 Å². The van der Waals surface area contributed by atoms with E-state index >= 15 is 0 Å². The van der Waals surface area contributed by atoms with Crippen LogP contribution in [0, 0.1) is 5.92 Å². The summed E-state index contributed by atoms with van der Waals surface area (Å²) in [4.78, 5) is 23.3. The van der Waals surface area contributed by atoms with Gasteiger partial charge in [0.25, 0.3) is 0 Å². The molecule has 0 N–H and O–H groups in total. The second kappa shape index (κ2) is 9.71. The molecule has 0 saturated carbocycles. The van der Waals surface area contributed by atoms with Crippen molar-refractivity contribution in [3.05, 3.63) is 42.5 Å². The summed E-state index contributed by atoms with van der Waals surface area (Å²) in [7, 11) is 0. The molecule has 2 aliphatic heterocycles. The van der Waals surface area contributed by atoms with E-state index in [0.717, 1.165) is 12.5 Å². The summed E-state index contributed by atoms with van der Waals surface area (Å²) in [6, 6.07) is 6.82. The molecule has 0 radical (unpaired) electrons. The molecule has 0 aliphatic carbocycles. The monoisotopic (exact) mass is 390 g/mol. The summed E-state index contributed by atoms with van der Waals surface area (Å²) in [5.41, 5.74) is 0.457. The predicted molar refractivity (Wildman–Crippen MR) is 100 cm³/mol. The number of carbonyl (C=O) groups excluding carboxylic acids is 2. The summed E-state index contributed by atoms with van der Waals surface area (Å²) in [5, 5.41) is 0. The second-order valence-electron chi connectivity index (χ2n) is 6.97. The van der Waals surface area contributed by atoms with Crippen molar-refractivity contribution in [2.24, 2.45) is 5.92 Å². The Labute approximate surface area is 164 Å². The van der Waals surface area contributed by atoms with Gasteiger partial charge in [0.2, 0.25) is 0 Å². The topological polar surface area (TPSA) is 80.3 Å². The van der Waals surface area contributed by atoms with Gasteiger partial charge in [-0.05, 0) is 37.1 Å². The molecule has 0 bridgehead atoms. The van der Waals surface area contributed by atoms with Crippen molar-refractivity contribution in [3.63, 3.8) is 0 Å². The third kappa shape index (κ3) is 5.11. The Kier molecular flexibility index (Phi) is 7.06. The van der Waals surface area contributed by atoms with Gasteiger partial charge in [-0.3, -0.25) is 0 Å². The zero-order valence-corrected chi connectivity index (χ0v) is 16.0. The van der Waals surface area contributed by atoms with Crippen molar-refractivity contribution in [1.82, 2.24) is 0 Å². The lowest BCUT2D eigenvalue weighted by Gasteiger charge is -2.17. The van der Waals surface area contributed by atoms with Crippen LogP contribution in [-0.2, 0) is 23.7 Å². The molecule has 7 nitrogen and oxygen atoms in total. The lowest BCUT2D eigenvalue weighted by Crippen LogP contribution is -2.32. The van der Waals surface area contributed by atoms with Gasteiger partial charge < -0.3 is 23.7 Å². The van der Waals surface area contributed by atoms with E-state index in [-0.39, 0.29) is 18.3 Å². The lowest BCUT2D eigenvalue weighted by molar-refractivity contribution is -0.137. The third-order valence-corrected chi connectivity index (χ3v) is 4.82. The van der Waals surface area contributed by atoms with Crippen LogP contribution in [-0.4, -0.2) is 56.7 Å². The number of esters is 2. The summed E-state index contributed by atoms with van der Waals surface area (Å²) in [6.45, 7) is 7.24. The summed E-state index contributed by atoms with van der Waals surface area (Å²) in [5.74, 6) is 0.168. The Morgan fingerprint density at radius 3 is 2.57 bits per heavy atom. The molecule has 152 valence electrons. The van der Waals surface area contributed by atoms with Crippen LogP contribution in [0.3, 0.4) is 0 Å². The molecule has 4 atom stereocenters. The number of fused-ring (bicyclic) bond motifs is 1. The van der Waals surface area contributed by atoms with E-state index in [0.29, 0.717) is 50.1 Å². The predicted octanol–water partition coefficient (Wildman–Crippen LogP) is 2.53. The van der Waals surface area contributed by atoms with E-state index in [1.54, 1.807) is 24.3 Å². The van der Waals surface area contributed by atoms with Gasteiger partial charge in [0, 0.05) is 12.0 Å². The number of hydrogen-bond donors (Lipinski definition) is 0. The molecule has 2 saturated heterocycles. The highest BCUT2D eigenvalue weighted by Gasteiger charge is 2.47. The maximum atomic E-state index is 12.4. The number of carbonyl (C=O) groups is 2. The Balaban J connectivity index is 1.38. The fraction of sp³-hybridized carbons (Fsp3) is 0.524. The fourth-order valence-corrected chi connectivity index (χ4v) is 3.27. The summed E-state index contributed by atoms with van der Waals surface area (Å²) in [6.07, 6.45) is 2.06. The zero-order valence-electron chi connectivity index (χ0n) is 16.0.